The number of carbonyl (C=O) groups is 1. The van der Waals surface area contributed by atoms with Crippen LogP contribution in [0, 0.1) is 5.92 Å². The molecule has 4 rings (SSSR count). The lowest BCUT2D eigenvalue weighted by Crippen LogP contribution is -2.37. The maximum atomic E-state index is 13.3. The molecule has 0 radical (unpaired) electrons. The largest absolute Gasteiger partial charge is 0.434 e. The molecule has 0 bridgehead atoms. The van der Waals surface area contributed by atoms with Crippen LogP contribution in [0.1, 0.15) is 76.8 Å². The smallest absolute Gasteiger partial charge is 0.321 e. The molecule has 0 aromatic carbocycles. The van der Waals surface area contributed by atoms with Crippen LogP contribution in [-0.2, 0) is 4.84 Å². The molecular formula is C22H31N5O3. The van der Waals surface area contributed by atoms with Crippen LogP contribution in [0.15, 0.2) is 17.1 Å². The molecule has 3 heterocycles. The Kier molecular flexibility index (Phi) is 5.92. The summed E-state index contributed by atoms with van der Waals surface area (Å²) in [6.07, 6.45) is 7.58. The Morgan fingerprint density at radius 1 is 1.20 bits per heavy atom. The zero-order chi connectivity index (χ0) is 21.3. The number of piperidine rings is 1. The minimum absolute atomic E-state index is 0.0196. The first-order chi connectivity index (χ1) is 14.5. The van der Waals surface area contributed by atoms with Gasteiger partial charge < -0.3 is 9.74 Å². The predicted octanol–water partition coefficient (Wildman–Crippen LogP) is 4.23. The average molecular weight is 414 g/mol. The van der Waals surface area contributed by atoms with Crippen LogP contribution in [0.5, 0.6) is 0 Å². The lowest BCUT2D eigenvalue weighted by atomic mass is 10.0. The Hall–Kier alpha value is -2.64. The number of fused-ring (bicyclic) bond motifs is 1. The molecule has 1 aliphatic heterocycles. The van der Waals surface area contributed by atoms with Crippen molar-refractivity contribution in [2.24, 2.45) is 5.92 Å². The van der Waals surface area contributed by atoms with Crippen molar-refractivity contribution in [2.75, 3.05) is 18.6 Å². The summed E-state index contributed by atoms with van der Waals surface area (Å²) in [7, 11) is 0. The fraction of sp³-hybridized carbons (Fsp3) is 0.636. The minimum atomic E-state index is -0.421. The van der Waals surface area contributed by atoms with Gasteiger partial charge in [0.25, 0.3) is 11.5 Å². The van der Waals surface area contributed by atoms with Crippen molar-refractivity contribution in [1.29, 1.82) is 0 Å². The number of nitrogens with zero attached hydrogens (tertiary/aromatic N) is 4. The van der Waals surface area contributed by atoms with Gasteiger partial charge in [-0.25, -0.2) is 9.78 Å². The first kappa shape index (κ1) is 20.6. The second-order valence-electron chi connectivity index (χ2n) is 8.90. The summed E-state index contributed by atoms with van der Waals surface area (Å²) in [5.74, 6) is 0.716. The maximum absolute atomic E-state index is 13.3. The Morgan fingerprint density at radius 3 is 2.63 bits per heavy atom. The van der Waals surface area contributed by atoms with E-state index in [1.165, 1.54) is 0 Å². The van der Waals surface area contributed by atoms with E-state index < -0.39 is 6.09 Å². The fourth-order valence-corrected chi connectivity index (χ4v) is 4.65. The van der Waals surface area contributed by atoms with Gasteiger partial charge in [-0.3, -0.25) is 9.36 Å². The van der Waals surface area contributed by atoms with E-state index in [0.29, 0.717) is 24.7 Å². The molecule has 1 saturated heterocycles. The highest BCUT2D eigenvalue weighted by molar-refractivity contribution is 5.76. The van der Waals surface area contributed by atoms with Gasteiger partial charge >= 0.3 is 6.09 Å². The van der Waals surface area contributed by atoms with E-state index >= 15 is 0 Å². The molecule has 8 heteroatoms. The van der Waals surface area contributed by atoms with E-state index in [9.17, 15) is 9.59 Å². The number of rotatable bonds is 4. The molecule has 2 aromatic rings. The molecule has 1 amide bonds. The summed E-state index contributed by atoms with van der Waals surface area (Å²) in [4.78, 5) is 41.4. The Balaban J connectivity index is 1.66. The highest BCUT2D eigenvalue weighted by Crippen LogP contribution is 2.36. The number of pyridine rings is 1. The van der Waals surface area contributed by atoms with Crippen LogP contribution >= 0.6 is 0 Å². The van der Waals surface area contributed by atoms with Crippen LogP contribution in [-0.4, -0.2) is 38.6 Å². The molecule has 2 atom stereocenters. The second-order valence-corrected chi connectivity index (χ2v) is 8.90. The van der Waals surface area contributed by atoms with Crippen molar-refractivity contribution >= 4 is 23.1 Å². The first-order valence-corrected chi connectivity index (χ1v) is 11.1. The standard InChI is InChI=1S/C22H31N5O3/c1-14(2)17-12-16-13-23-21(25-30-22(29)26-10-5-4-6-11-26)24-19(16)27(20(17)28)18-9-7-8-15(18)3/h12-15,18H,4-11H2,1-3H3,(H,23,24,25). The number of likely N-dealkylation sites (tertiary alicyclic amines) is 1. The Labute approximate surface area is 176 Å². The third-order valence-electron chi connectivity index (χ3n) is 6.41. The van der Waals surface area contributed by atoms with E-state index in [1.807, 2.05) is 24.5 Å². The van der Waals surface area contributed by atoms with E-state index in [-0.39, 0.29) is 23.5 Å². The van der Waals surface area contributed by atoms with Gasteiger partial charge in [0.05, 0.1) is 0 Å². The van der Waals surface area contributed by atoms with Crippen molar-refractivity contribution in [3.05, 3.63) is 28.2 Å². The van der Waals surface area contributed by atoms with Gasteiger partial charge in [0, 0.05) is 36.3 Å². The summed E-state index contributed by atoms with van der Waals surface area (Å²) in [5.41, 5.74) is 3.98. The molecule has 2 aromatic heterocycles. The zero-order valence-corrected chi connectivity index (χ0v) is 18.1. The number of carbonyl (C=O) groups excluding carboxylic acids is 1. The van der Waals surface area contributed by atoms with Gasteiger partial charge in [-0.2, -0.15) is 10.5 Å². The van der Waals surface area contributed by atoms with Crippen LogP contribution in [0.2, 0.25) is 0 Å². The van der Waals surface area contributed by atoms with Crippen molar-refractivity contribution in [3.8, 4) is 0 Å². The molecule has 2 aliphatic rings. The van der Waals surface area contributed by atoms with Gasteiger partial charge in [-0.1, -0.05) is 27.2 Å². The molecule has 2 unspecified atom stereocenters. The normalized spacial score (nSPS) is 21.9. The lowest BCUT2D eigenvalue weighted by molar-refractivity contribution is 0.113. The summed E-state index contributed by atoms with van der Waals surface area (Å²) in [6, 6.07) is 2.01. The molecule has 8 nitrogen and oxygen atoms in total. The maximum Gasteiger partial charge on any atom is 0.434 e. The molecule has 30 heavy (non-hydrogen) atoms. The Bertz CT molecular complexity index is 981. The number of nitrogens with one attached hydrogen (secondary N) is 1. The van der Waals surface area contributed by atoms with Crippen LogP contribution < -0.4 is 11.0 Å². The molecule has 1 saturated carbocycles. The van der Waals surface area contributed by atoms with E-state index in [0.717, 1.165) is 49.5 Å². The molecule has 162 valence electrons. The number of hydrogen-bond donors (Lipinski definition) is 1. The second kappa shape index (κ2) is 8.62. The topological polar surface area (TPSA) is 89.3 Å². The predicted molar refractivity (Wildman–Crippen MR) is 115 cm³/mol. The minimum Gasteiger partial charge on any atom is -0.321 e. The van der Waals surface area contributed by atoms with Gasteiger partial charge in [0.15, 0.2) is 0 Å². The van der Waals surface area contributed by atoms with Gasteiger partial charge in [0.1, 0.15) is 5.65 Å². The van der Waals surface area contributed by atoms with Crippen molar-refractivity contribution in [2.45, 2.75) is 71.3 Å². The number of amides is 1. The van der Waals surface area contributed by atoms with E-state index in [4.69, 9.17) is 4.84 Å². The van der Waals surface area contributed by atoms with Crippen LogP contribution in [0.3, 0.4) is 0 Å². The third kappa shape index (κ3) is 4.00. The van der Waals surface area contributed by atoms with Gasteiger partial charge in [-0.15, -0.1) is 0 Å². The fourth-order valence-electron chi connectivity index (χ4n) is 4.65. The van der Waals surface area contributed by atoms with Crippen molar-refractivity contribution < 1.29 is 9.63 Å². The van der Waals surface area contributed by atoms with E-state index in [1.54, 1.807) is 11.1 Å². The third-order valence-corrected chi connectivity index (χ3v) is 6.41. The van der Waals surface area contributed by atoms with Crippen molar-refractivity contribution in [3.63, 3.8) is 0 Å². The highest BCUT2D eigenvalue weighted by Gasteiger charge is 2.29. The quantitative estimate of drug-likeness (QED) is 0.755. The molecule has 2 fully saturated rings. The summed E-state index contributed by atoms with van der Waals surface area (Å²) >= 11 is 0. The summed E-state index contributed by atoms with van der Waals surface area (Å²) in [6.45, 7) is 7.66. The van der Waals surface area contributed by atoms with E-state index in [2.05, 4.69) is 22.4 Å². The van der Waals surface area contributed by atoms with Crippen LogP contribution in [0.25, 0.3) is 11.0 Å². The average Bonchev–Trinajstić information content (AvgIpc) is 3.17. The van der Waals surface area contributed by atoms with Crippen LogP contribution in [0.4, 0.5) is 10.7 Å². The monoisotopic (exact) mass is 413 g/mol. The summed E-state index contributed by atoms with van der Waals surface area (Å²) in [5, 5.41) is 0.824. The SMILES string of the molecule is CC(C)c1cc2cnc(NOC(=O)N3CCCCC3)nc2n(C2CCCC2C)c1=O. The zero-order valence-electron chi connectivity index (χ0n) is 18.1. The number of aromatic nitrogens is 3. The summed E-state index contributed by atoms with van der Waals surface area (Å²) < 4.78 is 1.85. The lowest BCUT2D eigenvalue weighted by Gasteiger charge is -2.25. The first-order valence-electron chi connectivity index (χ1n) is 11.1. The number of anilines is 1. The van der Waals surface area contributed by atoms with Crippen molar-refractivity contribution in [1.82, 2.24) is 19.4 Å². The Morgan fingerprint density at radius 2 is 1.97 bits per heavy atom. The molecule has 0 spiro atoms. The van der Waals surface area contributed by atoms with Gasteiger partial charge in [0.2, 0.25) is 0 Å². The molecular weight excluding hydrogens is 382 g/mol. The highest BCUT2D eigenvalue weighted by atomic mass is 16.7. The number of hydrogen-bond acceptors (Lipinski definition) is 6. The van der Waals surface area contributed by atoms with Gasteiger partial charge in [-0.05, 0) is 50.0 Å². The molecule has 1 N–H and O–H groups in total. The molecule has 1 aliphatic carbocycles.